The van der Waals surface area contributed by atoms with Crippen LogP contribution in [0.1, 0.15) is 29.7 Å². The van der Waals surface area contributed by atoms with Gasteiger partial charge < -0.3 is 21.1 Å². The summed E-state index contributed by atoms with van der Waals surface area (Å²) in [6, 6.07) is 15.7. The number of rotatable bonds is 12. The highest BCUT2D eigenvalue weighted by molar-refractivity contribution is 7.22. The van der Waals surface area contributed by atoms with Gasteiger partial charge in [-0.15, -0.1) is 11.3 Å². The largest absolute Gasteiger partial charge is 0.499 e. The summed E-state index contributed by atoms with van der Waals surface area (Å²) >= 11 is 1.27. The normalized spacial score (nSPS) is 13.7. The Hall–Kier alpha value is -5.34. The van der Waals surface area contributed by atoms with Gasteiger partial charge in [-0.25, -0.2) is 18.4 Å². The van der Waals surface area contributed by atoms with Crippen molar-refractivity contribution in [2.24, 2.45) is 5.73 Å². The molecule has 6 rings (SSSR count). The molecule has 0 bridgehead atoms. The van der Waals surface area contributed by atoms with Crippen molar-refractivity contribution < 1.29 is 18.3 Å². The van der Waals surface area contributed by atoms with Crippen molar-refractivity contribution in [1.82, 2.24) is 24.3 Å². The molecular formula is C35H36F2N8O3S. The third-order valence-electron chi connectivity index (χ3n) is 8.44. The molecule has 1 aliphatic rings. The van der Waals surface area contributed by atoms with E-state index in [-0.39, 0.29) is 24.1 Å². The van der Waals surface area contributed by atoms with E-state index in [0.717, 1.165) is 52.5 Å². The van der Waals surface area contributed by atoms with E-state index >= 15 is 8.78 Å². The quantitative estimate of drug-likeness (QED) is 0.135. The number of thiophene rings is 1. The summed E-state index contributed by atoms with van der Waals surface area (Å²) in [5.74, 6) is -0.849. The summed E-state index contributed by atoms with van der Waals surface area (Å²) in [4.78, 5) is 33.4. The molecule has 0 spiro atoms. The van der Waals surface area contributed by atoms with Gasteiger partial charge in [0.2, 0.25) is 0 Å². The highest BCUT2D eigenvalue weighted by Gasteiger charge is 2.25. The molecule has 5 N–H and O–H groups in total. The zero-order chi connectivity index (χ0) is 34.7. The van der Waals surface area contributed by atoms with Gasteiger partial charge >= 0.3 is 11.7 Å². The van der Waals surface area contributed by atoms with Crippen LogP contribution in [0.4, 0.5) is 19.3 Å². The smallest absolute Gasteiger partial charge is 0.331 e. The number of urea groups is 1. The molecule has 3 aromatic heterocycles. The lowest BCUT2D eigenvalue weighted by Crippen LogP contribution is -2.41. The molecule has 0 radical (unpaired) electrons. The summed E-state index contributed by atoms with van der Waals surface area (Å²) in [6.45, 7) is 1.44. The minimum atomic E-state index is -0.770. The molecule has 254 valence electrons. The average Bonchev–Trinajstić information content (AvgIpc) is 3.41. The minimum absolute atomic E-state index is 0.0111. The Balaban J connectivity index is 1.56. The first-order valence-corrected chi connectivity index (χ1v) is 16.5. The van der Waals surface area contributed by atoms with Crippen LogP contribution in [0.5, 0.6) is 0 Å². The number of carbonyl (C=O) groups excluding carboxylic acids is 1. The Bertz CT molecular complexity index is 2130. The number of hydrogen-bond acceptors (Lipinski definition) is 8. The van der Waals surface area contributed by atoms with Gasteiger partial charge in [-0.3, -0.25) is 24.4 Å². The second-order valence-electron chi connectivity index (χ2n) is 11.8. The number of anilines is 1. The number of nitrogens with two attached hydrogens (primary N) is 1. The average molecular weight is 687 g/mol. The van der Waals surface area contributed by atoms with Crippen LogP contribution < -0.4 is 27.5 Å². The summed E-state index contributed by atoms with van der Waals surface area (Å²) in [5.41, 5.74) is 8.32. The lowest BCUT2D eigenvalue weighted by atomic mass is 10.1. The number of fused-ring (bicyclic) bond motifs is 1. The molecule has 4 heterocycles. The van der Waals surface area contributed by atoms with Gasteiger partial charge in [0.1, 0.15) is 27.7 Å². The Morgan fingerprint density at radius 2 is 1.82 bits per heavy atom. The van der Waals surface area contributed by atoms with Crippen LogP contribution in [0.2, 0.25) is 0 Å². The van der Waals surface area contributed by atoms with E-state index < -0.39 is 23.4 Å². The number of nitrogens with one attached hydrogen (secondary N) is 3. The maximum atomic E-state index is 15.1. The van der Waals surface area contributed by atoms with Crippen LogP contribution in [-0.4, -0.2) is 45.8 Å². The van der Waals surface area contributed by atoms with Crippen molar-refractivity contribution in [3.8, 4) is 10.4 Å². The molecule has 2 aromatic carbocycles. The molecular weight excluding hydrogens is 651 g/mol. The monoisotopic (exact) mass is 686 g/mol. The molecule has 0 saturated carbocycles. The molecule has 0 aliphatic carbocycles. The fourth-order valence-electron chi connectivity index (χ4n) is 5.94. The topological polar surface area (TPSA) is 143 Å². The summed E-state index contributed by atoms with van der Waals surface area (Å²) in [6.07, 6.45) is 2.89. The SMILES string of the molecule is CO/C(CCn1c(=N)c2c(CN(C)Cc3ccccn3)c(-c3ccc(NC(N)=O)cc3)sc2n(Cc2c(F)cccc2F)c1=O)=C1/CCN1. The zero-order valence-corrected chi connectivity index (χ0v) is 27.9. The number of allylic oxidation sites excluding steroid dienone is 1. The molecule has 1 fully saturated rings. The number of nitrogens with zero attached hydrogens (tertiary/aromatic N) is 4. The van der Waals surface area contributed by atoms with E-state index in [1.807, 2.05) is 37.4 Å². The van der Waals surface area contributed by atoms with Gasteiger partial charge in [0.25, 0.3) is 0 Å². The number of halogens is 2. The van der Waals surface area contributed by atoms with Crippen molar-refractivity contribution in [3.05, 3.63) is 123 Å². The zero-order valence-electron chi connectivity index (χ0n) is 27.1. The van der Waals surface area contributed by atoms with Crippen LogP contribution in [-0.2, 0) is 30.9 Å². The summed E-state index contributed by atoms with van der Waals surface area (Å²) in [5, 5.41) is 15.7. The van der Waals surface area contributed by atoms with Gasteiger partial charge in [0.05, 0.1) is 30.4 Å². The first-order chi connectivity index (χ1) is 23.6. The van der Waals surface area contributed by atoms with E-state index in [1.165, 1.54) is 26.5 Å². The number of primary amides is 1. The molecule has 5 aromatic rings. The lowest BCUT2D eigenvalue weighted by molar-refractivity contribution is 0.256. The minimum Gasteiger partial charge on any atom is -0.499 e. The highest BCUT2D eigenvalue weighted by atomic mass is 32.1. The van der Waals surface area contributed by atoms with Crippen LogP contribution in [0, 0.1) is 17.0 Å². The maximum Gasteiger partial charge on any atom is 0.331 e. The van der Waals surface area contributed by atoms with Crippen molar-refractivity contribution in [1.29, 1.82) is 5.41 Å². The standard InChI is InChI=1S/C35H36F2N8O3S/c1-43(18-23-6-3-4-15-40-23)19-25-30-32(38)44(17-14-29(48-2)28-13-16-41-28)35(47)45(20-24-26(36)7-5-8-27(24)37)33(30)49-31(25)21-9-11-22(12-10-21)42-34(39)46/h3-12,15,38,41H,13-14,16-20H2,1-2H3,(H3,39,42,46)/b29-28-,38-32?. The van der Waals surface area contributed by atoms with Gasteiger partial charge in [-0.05, 0) is 54.6 Å². The molecule has 2 amide bonds. The Kier molecular flexibility index (Phi) is 9.87. The van der Waals surface area contributed by atoms with E-state index in [1.54, 1.807) is 25.4 Å². The van der Waals surface area contributed by atoms with Crippen LogP contribution in [0.25, 0.3) is 20.7 Å². The molecule has 1 aliphatic heterocycles. The second-order valence-corrected chi connectivity index (χ2v) is 12.8. The predicted octanol–water partition coefficient (Wildman–Crippen LogP) is 5.10. The summed E-state index contributed by atoms with van der Waals surface area (Å²) < 4.78 is 38.4. The van der Waals surface area contributed by atoms with Crippen LogP contribution in [0.15, 0.2) is 83.1 Å². The fraction of sp³-hybridized carbons (Fsp3) is 0.257. The van der Waals surface area contributed by atoms with Gasteiger partial charge in [0.15, 0.2) is 0 Å². The van der Waals surface area contributed by atoms with E-state index in [2.05, 4.69) is 20.5 Å². The van der Waals surface area contributed by atoms with E-state index in [4.69, 9.17) is 10.5 Å². The number of carbonyl (C=O) groups is 1. The molecule has 11 nitrogen and oxygen atoms in total. The predicted molar refractivity (Wildman–Crippen MR) is 185 cm³/mol. The van der Waals surface area contributed by atoms with Crippen LogP contribution >= 0.6 is 11.3 Å². The number of benzene rings is 2. The number of pyridine rings is 1. The second kappa shape index (κ2) is 14.4. The first-order valence-electron chi connectivity index (χ1n) is 15.7. The van der Waals surface area contributed by atoms with Crippen molar-refractivity contribution in [2.45, 2.75) is 39.0 Å². The van der Waals surface area contributed by atoms with E-state index in [9.17, 15) is 15.0 Å². The Morgan fingerprint density at radius 1 is 1.08 bits per heavy atom. The van der Waals surface area contributed by atoms with Gasteiger partial charge in [-0.2, -0.15) is 0 Å². The molecule has 1 saturated heterocycles. The fourth-order valence-corrected chi connectivity index (χ4v) is 7.25. The van der Waals surface area contributed by atoms with Crippen molar-refractivity contribution in [3.63, 3.8) is 0 Å². The molecule has 49 heavy (non-hydrogen) atoms. The molecule has 14 heteroatoms. The third kappa shape index (κ3) is 7.10. The number of hydrogen-bond donors (Lipinski definition) is 4. The Labute approximate surface area is 284 Å². The van der Waals surface area contributed by atoms with Gasteiger partial charge in [0, 0.05) is 61.3 Å². The van der Waals surface area contributed by atoms with E-state index in [0.29, 0.717) is 41.2 Å². The highest BCUT2D eigenvalue weighted by Crippen LogP contribution is 2.38. The number of methoxy groups -OCH3 is 1. The summed E-state index contributed by atoms with van der Waals surface area (Å²) in [7, 11) is 3.51. The lowest BCUT2D eigenvalue weighted by Gasteiger charge is -2.24. The maximum absolute atomic E-state index is 15.1. The third-order valence-corrected chi connectivity index (χ3v) is 9.74. The van der Waals surface area contributed by atoms with Crippen molar-refractivity contribution in [2.75, 3.05) is 26.0 Å². The number of amides is 2. The Morgan fingerprint density at radius 3 is 2.43 bits per heavy atom. The van der Waals surface area contributed by atoms with Crippen LogP contribution in [0.3, 0.4) is 0 Å². The molecule has 0 unspecified atom stereocenters. The van der Waals surface area contributed by atoms with Crippen molar-refractivity contribution >= 4 is 33.3 Å². The first kappa shape index (κ1) is 33.6. The number of aromatic nitrogens is 3. The van der Waals surface area contributed by atoms with Gasteiger partial charge in [-0.1, -0.05) is 24.3 Å². The molecule has 0 atom stereocenters. The number of ether oxygens (including phenoxy) is 1.